The number of hydrogen-bond donors (Lipinski definition) is 1. The molecule has 10 heteroatoms. The van der Waals surface area contributed by atoms with Gasteiger partial charge in [0.1, 0.15) is 12.2 Å². The molecule has 2 rings (SSSR count). The first-order chi connectivity index (χ1) is 18.0. The molecule has 2 heterocycles. The molecule has 2 unspecified atom stereocenters. The fourth-order valence-corrected chi connectivity index (χ4v) is 34.8. The Balaban J connectivity index is 1.59. The van der Waals surface area contributed by atoms with E-state index in [0.717, 1.165) is 77.4 Å². The number of alkyl halides is 1. The second kappa shape index (κ2) is 15.9. The minimum Gasteiger partial charge on any atom is -0.379 e. The molecule has 0 aliphatic carbocycles. The highest BCUT2D eigenvalue weighted by Gasteiger charge is 2.35. The number of epoxide rings is 2. The Morgan fingerprint density at radius 3 is 1.26 bits per heavy atom. The van der Waals surface area contributed by atoms with E-state index in [4.69, 9.17) is 18.9 Å². The molecule has 2 saturated heterocycles. The highest BCUT2D eigenvalue weighted by molar-refractivity contribution is 6.95. The predicted octanol–water partition coefficient (Wildman–Crippen LogP) is 7.73. The van der Waals surface area contributed by atoms with E-state index in [2.05, 4.69) is 52.4 Å². The van der Waals surface area contributed by atoms with Crippen molar-refractivity contribution >= 4 is 32.3 Å². The molecule has 0 aromatic heterocycles. The summed E-state index contributed by atoms with van der Waals surface area (Å²) in [5.41, 5.74) is 2.74. The van der Waals surface area contributed by atoms with Crippen molar-refractivity contribution in [1.29, 1.82) is 0 Å². The molecule has 0 aromatic rings. The molecule has 0 amide bonds. The number of aliphatic hydroxyl groups is 1. The zero-order valence-corrected chi connectivity index (χ0v) is 30.8. The van der Waals surface area contributed by atoms with Gasteiger partial charge in [-0.25, -0.2) is 4.39 Å². The van der Waals surface area contributed by atoms with Crippen molar-refractivity contribution in [1.82, 2.24) is 0 Å². The van der Waals surface area contributed by atoms with Gasteiger partial charge < -0.3 is 24.1 Å². The van der Waals surface area contributed by atoms with Gasteiger partial charge in [-0.3, -0.25) is 0 Å². The average Bonchev–Trinajstić information content (AvgIpc) is 3.66. The average molecular weight is 623 g/mol. The van der Waals surface area contributed by atoms with E-state index in [1.807, 2.05) is 0 Å². The van der Waals surface area contributed by atoms with Crippen LogP contribution in [-0.4, -0.2) is 95.1 Å². The number of hydrogen-bond acceptors (Lipinski definition) is 5. The van der Waals surface area contributed by atoms with Crippen LogP contribution in [0.25, 0.3) is 0 Å². The van der Waals surface area contributed by atoms with Crippen LogP contribution < -0.4 is 0 Å². The van der Waals surface area contributed by atoms with Crippen molar-refractivity contribution in [2.75, 3.05) is 39.6 Å². The third-order valence-electron chi connectivity index (χ3n) is 8.44. The lowest BCUT2D eigenvalue weighted by Gasteiger charge is -2.33. The lowest BCUT2D eigenvalue weighted by molar-refractivity contribution is -0.101. The van der Waals surface area contributed by atoms with Gasteiger partial charge in [0.05, 0.1) is 26.4 Å². The molecule has 39 heavy (non-hydrogen) atoms. The van der Waals surface area contributed by atoms with E-state index < -0.39 is 38.2 Å². The monoisotopic (exact) mass is 622 g/mol. The van der Waals surface area contributed by atoms with Crippen molar-refractivity contribution < 1.29 is 28.4 Å². The first-order valence-electron chi connectivity index (χ1n) is 15.8. The molecule has 2 atom stereocenters. The molecule has 2 aliphatic rings. The van der Waals surface area contributed by atoms with Crippen LogP contribution in [0.3, 0.4) is 0 Å². The zero-order chi connectivity index (χ0) is 29.2. The summed E-state index contributed by atoms with van der Waals surface area (Å²) in [7, 11) is -5.37. The van der Waals surface area contributed by atoms with E-state index in [0.29, 0.717) is 25.0 Å². The minimum atomic E-state index is -2.00. The quantitative estimate of drug-likeness (QED) is 0.0678. The van der Waals surface area contributed by atoms with Gasteiger partial charge in [0.25, 0.3) is 0 Å². The molecule has 2 fully saturated rings. The molecular formula is C29H63FO5Si4. The Labute approximate surface area is 244 Å². The van der Waals surface area contributed by atoms with Crippen LogP contribution in [0.1, 0.15) is 38.5 Å². The van der Waals surface area contributed by atoms with Gasteiger partial charge in [-0.2, -0.15) is 0 Å². The van der Waals surface area contributed by atoms with E-state index in [1.54, 1.807) is 0 Å². The van der Waals surface area contributed by atoms with E-state index in [-0.39, 0.29) is 0 Å². The van der Waals surface area contributed by atoms with E-state index in [9.17, 15) is 5.11 Å². The van der Waals surface area contributed by atoms with Gasteiger partial charge in [0, 0.05) is 58.4 Å². The molecule has 5 nitrogen and oxygen atoms in total. The largest absolute Gasteiger partial charge is 0.379 e. The maximum atomic E-state index is 15.1. The molecule has 0 aromatic carbocycles. The Morgan fingerprint density at radius 1 is 0.641 bits per heavy atom. The Bertz CT molecular complexity index is 641. The molecule has 232 valence electrons. The number of rotatable bonds is 24. The standard InChI is InChI=1S/C29H63FO5Si4/c1-36(2,25-38(5,6)19-11-15-32-21-27-23-34-27)17-9-13-29(30,31)14-10-18-37(3,4)26-39(7,8)20-12-16-33-22-28-24-35-28/h27-28,31H,9-26H2,1-8H3. The van der Waals surface area contributed by atoms with Gasteiger partial charge in [-0.05, 0) is 12.8 Å². The normalized spacial score (nSPS) is 21.7. The van der Waals surface area contributed by atoms with Gasteiger partial charge in [0.2, 0.25) is 5.85 Å². The topological polar surface area (TPSA) is 63.8 Å². The van der Waals surface area contributed by atoms with Crippen molar-refractivity contribution in [2.24, 2.45) is 0 Å². The number of ether oxygens (including phenoxy) is 4. The lowest BCUT2D eigenvalue weighted by Crippen LogP contribution is -2.40. The molecule has 1 N–H and O–H groups in total. The molecule has 0 radical (unpaired) electrons. The van der Waals surface area contributed by atoms with Gasteiger partial charge in [0.15, 0.2) is 0 Å². The SMILES string of the molecule is C[Si](C)(CCCOCC1CO1)C[Si](C)(C)CCCC(O)(F)CCC[Si](C)(C)C[Si](C)(C)CCCOCC1CO1. The summed E-state index contributed by atoms with van der Waals surface area (Å²) in [4.78, 5) is 0. The second-order valence-electron chi connectivity index (χ2n) is 15.9. The summed E-state index contributed by atoms with van der Waals surface area (Å²) in [6.45, 7) is 24.8. The molecule has 0 bridgehead atoms. The van der Waals surface area contributed by atoms with Crippen LogP contribution >= 0.6 is 0 Å². The highest BCUT2D eigenvalue weighted by Crippen LogP contribution is 2.33. The summed E-state index contributed by atoms with van der Waals surface area (Å²) in [5, 5.41) is 10.5. The Morgan fingerprint density at radius 2 is 0.949 bits per heavy atom. The summed E-state index contributed by atoms with van der Waals surface area (Å²) in [6, 6.07) is 4.82. The van der Waals surface area contributed by atoms with Gasteiger partial charge in [-0.15, -0.1) is 0 Å². The van der Waals surface area contributed by atoms with Crippen molar-refractivity contribution in [3.8, 4) is 0 Å². The molecular weight excluding hydrogens is 560 g/mol. The maximum absolute atomic E-state index is 15.1. The third kappa shape index (κ3) is 18.7. The molecule has 0 spiro atoms. The third-order valence-corrected chi connectivity index (χ3v) is 30.6. The molecule has 0 saturated carbocycles. The fourth-order valence-electron chi connectivity index (χ4n) is 6.81. The van der Waals surface area contributed by atoms with Crippen molar-refractivity contribution in [3.05, 3.63) is 0 Å². The minimum absolute atomic E-state index is 0.302. The first kappa shape index (κ1) is 35.8. The number of halogens is 1. The summed E-state index contributed by atoms with van der Waals surface area (Å²) >= 11 is 0. The van der Waals surface area contributed by atoms with Crippen LogP contribution in [0.4, 0.5) is 4.39 Å². The zero-order valence-electron chi connectivity index (χ0n) is 26.8. The van der Waals surface area contributed by atoms with E-state index >= 15 is 4.39 Å². The van der Waals surface area contributed by atoms with E-state index in [1.165, 1.54) is 23.4 Å². The van der Waals surface area contributed by atoms with Gasteiger partial charge >= 0.3 is 0 Å². The van der Waals surface area contributed by atoms with Crippen LogP contribution in [0, 0.1) is 0 Å². The van der Waals surface area contributed by atoms with Crippen LogP contribution in [0.2, 0.25) is 87.9 Å². The van der Waals surface area contributed by atoms with Gasteiger partial charge in [-0.1, -0.05) is 101 Å². The second-order valence-corrected chi connectivity index (χ2v) is 38.0. The van der Waals surface area contributed by atoms with Crippen molar-refractivity contribution in [2.45, 2.75) is 144 Å². The Hall–Kier alpha value is 0.598. The summed E-state index contributed by atoms with van der Waals surface area (Å²) in [6.07, 6.45) is 5.23. The van der Waals surface area contributed by atoms with Crippen LogP contribution in [0.15, 0.2) is 0 Å². The fraction of sp³-hybridized carbons (Fsp3) is 1.00. The lowest BCUT2D eigenvalue weighted by atomic mass is 10.1. The first-order valence-corrected chi connectivity index (χ1v) is 29.4. The smallest absolute Gasteiger partial charge is 0.206 e. The highest BCUT2D eigenvalue weighted by atomic mass is 28.4. The predicted molar refractivity (Wildman–Crippen MR) is 174 cm³/mol. The van der Waals surface area contributed by atoms with Crippen molar-refractivity contribution in [3.63, 3.8) is 0 Å². The summed E-state index contributed by atoms with van der Waals surface area (Å²) in [5.74, 6) is -2.00. The maximum Gasteiger partial charge on any atom is 0.206 e. The van der Waals surface area contributed by atoms with Crippen LogP contribution in [0.5, 0.6) is 0 Å². The Kier molecular flexibility index (Phi) is 14.6. The molecule has 2 aliphatic heterocycles. The van der Waals surface area contributed by atoms with Crippen LogP contribution in [-0.2, 0) is 18.9 Å². The summed E-state index contributed by atoms with van der Waals surface area (Å²) < 4.78 is 36.9.